The Morgan fingerprint density at radius 1 is 1.54 bits per heavy atom. The summed E-state index contributed by atoms with van der Waals surface area (Å²) in [5.74, 6) is 0.211. The summed E-state index contributed by atoms with van der Waals surface area (Å²) < 4.78 is 5.27. The van der Waals surface area contributed by atoms with E-state index in [0.717, 1.165) is 36.9 Å². The van der Waals surface area contributed by atoms with Crippen LogP contribution >= 0.6 is 0 Å². The molecule has 1 heterocycles. The minimum Gasteiger partial charge on any atom is -0.504 e. The van der Waals surface area contributed by atoms with Crippen LogP contribution < -0.4 is 4.74 Å². The molecule has 5 nitrogen and oxygen atoms in total. The van der Waals surface area contributed by atoms with Gasteiger partial charge in [-0.1, -0.05) is 18.6 Å². The Bertz CT molecular complexity index is 657. The molecule has 0 amide bonds. The van der Waals surface area contributed by atoms with Crippen molar-refractivity contribution in [3.8, 4) is 11.5 Å². The van der Waals surface area contributed by atoms with E-state index < -0.39 is 11.4 Å². The maximum atomic E-state index is 11.8. The van der Waals surface area contributed by atoms with Crippen molar-refractivity contribution in [2.24, 2.45) is 11.3 Å². The van der Waals surface area contributed by atoms with E-state index in [2.05, 4.69) is 11.5 Å². The lowest BCUT2D eigenvalue weighted by molar-refractivity contribution is -0.149. The van der Waals surface area contributed by atoms with Crippen molar-refractivity contribution in [2.75, 3.05) is 20.2 Å². The Hall–Kier alpha value is -2.01. The summed E-state index contributed by atoms with van der Waals surface area (Å²) in [5.41, 5.74) is 1.25. The van der Waals surface area contributed by atoms with E-state index >= 15 is 0 Å². The fraction of sp³-hybridized carbons (Fsp3) is 0.526. The number of nitrogens with zero attached hydrogens (tertiary/aromatic N) is 1. The number of carbonyl (C=O) groups is 1. The van der Waals surface area contributed by atoms with Crippen molar-refractivity contribution in [3.05, 3.63) is 35.9 Å². The fourth-order valence-corrected chi connectivity index (χ4v) is 4.41. The average Bonchev–Trinajstić information content (AvgIpc) is 3.08. The molecule has 0 aromatic heterocycles. The van der Waals surface area contributed by atoms with E-state index in [1.807, 2.05) is 12.1 Å². The minimum absolute atomic E-state index is 0.154. The summed E-state index contributed by atoms with van der Waals surface area (Å²) in [4.78, 5) is 14.0. The first-order chi connectivity index (χ1) is 11.5. The molecule has 0 spiro atoms. The van der Waals surface area contributed by atoms with Crippen LogP contribution in [0.25, 0.3) is 0 Å². The Kier molecular flexibility index (Phi) is 4.54. The Labute approximate surface area is 142 Å². The third-order valence-electron chi connectivity index (χ3n) is 5.57. The van der Waals surface area contributed by atoms with Gasteiger partial charge in [-0.2, -0.15) is 0 Å². The Balaban J connectivity index is 1.81. The van der Waals surface area contributed by atoms with Gasteiger partial charge in [0.05, 0.1) is 12.5 Å². The van der Waals surface area contributed by atoms with Gasteiger partial charge in [-0.05, 0) is 36.8 Å². The lowest BCUT2D eigenvalue weighted by atomic mass is 9.81. The molecule has 0 bridgehead atoms. The largest absolute Gasteiger partial charge is 0.504 e. The molecule has 1 aromatic rings. The summed E-state index contributed by atoms with van der Waals surface area (Å²) in [6.45, 7) is 5.83. The van der Waals surface area contributed by atoms with Gasteiger partial charge in [-0.25, -0.2) is 0 Å². The first-order valence-electron chi connectivity index (χ1n) is 8.45. The number of phenols is 1. The molecular formula is C19H25NO4. The predicted molar refractivity (Wildman–Crippen MR) is 91.2 cm³/mol. The van der Waals surface area contributed by atoms with Crippen LogP contribution in [0.5, 0.6) is 11.5 Å². The lowest BCUT2D eigenvalue weighted by Crippen LogP contribution is -2.35. The van der Waals surface area contributed by atoms with Crippen molar-refractivity contribution < 1.29 is 19.7 Å². The molecule has 0 unspecified atom stereocenters. The number of hydrogen-bond acceptors (Lipinski definition) is 4. The molecule has 1 aromatic carbocycles. The van der Waals surface area contributed by atoms with Crippen LogP contribution in [0, 0.1) is 11.3 Å². The van der Waals surface area contributed by atoms with E-state index in [0.29, 0.717) is 25.3 Å². The standard InChI is InChI=1S/C19H25NO4/c1-3-5-14-8-13(9-16(24-2)17(14)21)10-20-11-15-6-4-7-19(15,12-20)18(22)23/h3,8-9,15,21H,1,4-7,10-12H2,2H3,(H,22,23)/t15-,19+/m0/s1. The number of carboxylic acid groups (broad SMARTS) is 1. The van der Waals surface area contributed by atoms with Crippen molar-refractivity contribution >= 4 is 5.97 Å². The second kappa shape index (κ2) is 6.48. The van der Waals surface area contributed by atoms with Gasteiger partial charge < -0.3 is 14.9 Å². The molecule has 1 saturated heterocycles. The van der Waals surface area contributed by atoms with Crippen molar-refractivity contribution in [1.29, 1.82) is 0 Å². The molecule has 2 aliphatic rings. The van der Waals surface area contributed by atoms with Crippen LogP contribution in [-0.2, 0) is 17.8 Å². The summed E-state index contributed by atoms with van der Waals surface area (Å²) >= 11 is 0. The first kappa shape index (κ1) is 16.8. The minimum atomic E-state index is -0.650. The number of aromatic hydroxyl groups is 1. The average molecular weight is 331 g/mol. The van der Waals surface area contributed by atoms with Gasteiger partial charge in [0.1, 0.15) is 0 Å². The van der Waals surface area contributed by atoms with Gasteiger partial charge in [0.15, 0.2) is 11.5 Å². The number of benzene rings is 1. The van der Waals surface area contributed by atoms with E-state index in [9.17, 15) is 15.0 Å². The van der Waals surface area contributed by atoms with Crippen molar-refractivity contribution in [3.63, 3.8) is 0 Å². The van der Waals surface area contributed by atoms with Crippen LogP contribution in [0.2, 0.25) is 0 Å². The highest BCUT2D eigenvalue weighted by Gasteiger charge is 2.54. The summed E-state index contributed by atoms with van der Waals surface area (Å²) in [7, 11) is 1.54. The normalized spacial score (nSPS) is 26.3. The van der Waals surface area contributed by atoms with Crippen LogP contribution in [0.3, 0.4) is 0 Å². The molecule has 130 valence electrons. The molecule has 1 saturated carbocycles. The van der Waals surface area contributed by atoms with Crippen LogP contribution in [0.4, 0.5) is 0 Å². The fourth-order valence-electron chi connectivity index (χ4n) is 4.41. The first-order valence-corrected chi connectivity index (χ1v) is 8.45. The molecule has 0 radical (unpaired) electrons. The maximum Gasteiger partial charge on any atom is 0.311 e. The number of methoxy groups -OCH3 is 1. The topological polar surface area (TPSA) is 70.0 Å². The highest BCUT2D eigenvalue weighted by molar-refractivity contribution is 5.76. The number of carboxylic acids is 1. The molecule has 2 atom stereocenters. The zero-order valence-electron chi connectivity index (χ0n) is 14.1. The van der Waals surface area contributed by atoms with Crippen LogP contribution in [0.15, 0.2) is 24.8 Å². The monoisotopic (exact) mass is 331 g/mol. The van der Waals surface area contributed by atoms with E-state index in [-0.39, 0.29) is 11.7 Å². The van der Waals surface area contributed by atoms with Crippen molar-refractivity contribution in [2.45, 2.75) is 32.2 Å². The number of likely N-dealkylation sites (tertiary alicyclic amines) is 1. The van der Waals surface area contributed by atoms with Gasteiger partial charge in [-0.15, -0.1) is 6.58 Å². The van der Waals surface area contributed by atoms with E-state index in [1.165, 1.54) is 7.11 Å². The third kappa shape index (κ3) is 2.77. The van der Waals surface area contributed by atoms with Gasteiger partial charge >= 0.3 is 5.97 Å². The summed E-state index contributed by atoms with van der Waals surface area (Å²) in [6, 6.07) is 3.80. The number of fused-ring (bicyclic) bond motifs is 1. The zero-order chi connectivity index (χ0) is 17.3. The number of allylic oxidation sites excluding steroid dienone is 1. The summed E-state index contributed by atoms with van der Waals surface area (Å²) in [5, 5.41) is 19.9. The smallest absolute Gasteiger partial charge is 0.311 e. The van der Waals surface area contributed by atoms with Gasteiger partial charge in [-0.3, -0.25) is 9.69 Å². The molecule has 2 N–H and O–H groups in total. The molecule has 3 rings (SSSR count). The molecule has 1 aliphatic heterocycles. The molecule has 5 heteroatoms. The third-order valence-corrected chi connectivity index (χ3v) is 5.57. The molecule has 1 aliphatic carbocycles. The van der Waals surface area contributed by atoms with E-state index in [4.69, 9.17) is 4.74 Å². The SMILES string of the molecule is C=CCc1cc(CN2C[C@@H]3CCC[C@@]3(C(=O)O)C2)cc(OC)c1O. The second-order valence-corrected chi connectivity index (χ2v) is 7.02. The lowest BCUT2D eigenvalue weighted by Gasteiger charge is -2.23. The van der Waals surface area contributed by atoms with Crippen molar-refractivity contribution in [1.82, 2.24) is 4.90 Å². The van der Waals surface area contributed by atoms with Gasteiger partial charge in [0, 0.05) is 25.2 Å². The number of aliphatic carboxylic acids is 1. The maximum absolute atomic E-state index is 11.8. The summed E-state index contributed by atoms with van der Waals surface area (Å²) in [6.07, 6.45) is 5.12. The number of hydrogen-bond donors (Lipinski definition) is 2. The van der Waals surface area contributed by atoms with Crippen LogP contribution in [-0.4, -0.2) is 41.3 Å². The number of ether oxygens (including phenoxy) is 1. The number of rotatable bonds is 6. The molecule has 2 fully saturated rings. The highest BCUT2D eigenvalue weighted by atomic mass is 16.5. The quantitative estimate of drug-likeness (QED) is 0.785. The molecular weight excluding hydrogens is 306 g/mol. The molecule has 24 heavy (non-hydrogen) atoms. The van der Waals surface area contributed by atoms with Crippen LogP contribution in [0.1, 0.15) is 30.4 Å². The zero-order valence-corrected chi connectivity index (χ0v) is 14.1. The Morgan fingerprint density at radius 3 is 2.96 bits per heavy atom. The van der Waals surface area contributed by atoms with Gasteiger partial charge in [0.25, 0.3) is 0 Å². The van der Waals surface area contributed by atoms with E-state index in [1.54, 1.807) is 6.08 Å². The highest BCUT2D eigenvalue weighted by Crippen LogP contribution is 2.49. The second-order valence-electron chi connectivity index (χ2n) is 7.02. The number of phenolic OH excluding ortho intramolecular Hbond substituents is 1. The predicted octanol–water partition coefficient (Wildman–Crippen LogP) is 2.82. The Morgan fingerprint density at radius 2 is 2.33 bits per heavy atom. The van der Waals surface area contributed by atoms with Gasteiger partial charge in [0.2, 0.25) is 0 Å².